The predicted molar refractivity (Wildman–Crippen MR) is 86.4 cm³/mol. The normalized spacial score (nSPS) is 11.9. The van der Waals surface area contributed by atoms with Crippen molar-refractivity contribution in [2.24, 2.45) is 5.14 Å². The summed E-state index contributed by atoms with van der Waals surface area (Å²) >= 11 is 0. The Hall–Kier alpha value is -2.43. The summed E-state index contributed by atoms with van der Waals surface area (Å²) in [6.45, 7) is 0. The zero-order chi connectivity index (χ0) is 18.0. The third-order valence-electron chi connectivity index (χ3n) is 3.02. The highest BCUT2D eigenvalue weighted by molar-refractivity contribution is 7.92. The SMILES string of the molecule is NS(=O)(=O)c1ccc(S(=O)(=O)Nc2ccc(CC(=O)O)cc2)cc1. The molecular formula is C14H14N2O6S2. The molecule has 0 heterocycles. The van der Waals surface area contributed by atoms with E-state index >= 15 is 0 Å². The number of hydrogen-bond acceptors (Lipinski definition) is 5. The summed E-state index contributed by atoms with van der Waals surface area (Å²) in [6.07, 6.45) is -0.165. The molecule has 0 aliphatic rings. The maximum absolute atomic E-state index is 12.2. The van der Waals surface area contributed by atoms with E-state index in [1.807, 2.05) is 0 Å². The van der Waals surface area contributed by atoms with E-state index in [0.29, 0.717) is 5.56 Å². The first-order valence-electron chi connectivity index (χ1n) is 6.54. The fourth-order valence-electron chi connectivity index (χ4n) is 1.89. The monoisotopic (exact) mass is 370 g/mol. The molecule has 0 aliphatic heterocycles. The van der Waals surface area contributed by atoms with E-state index in [-0.39, 0.29) is 21.9 Å². The second-order valence-electron chi connectivity index (χ2n) is 4.89. The smallest absolute Gasteiger partial charge is 0.307 e. The van der Waals surface area contributed by atoms with Crippen LogP contribution in [0.3, 0.4) is 0 Å². The highest BCUT2D eigenvalue weighted by Crippen LogP contribution is 2.18. The number of benzene rings is 2. The summed E-state index contributed by atoms with van der Waals surface area (Å²) in [6, 6.07) is 10.3. The van der Waals surface area contributed by atoms with Crippen molar-refractivity contribution in [3.63, 3.8) is 0 Å². The Morgan fingerprint density at radius 2 is 1.42 bits per heavy atom. The number of aliphatic carboxylic acids is 1. The number of carbonyl (C=O) groups is 1. The van der Waals surface area contributed by atoms with Gasteiger partial charge < -0.3 is 5.11 Å². The van der Waals surface area contributed by atoms with Crippen molar-refractivity contribution in [3.05, 3.63) is 54.1 Å². The van der Waals surface area contributed by atoms with Crippen LogP contribution >= 0.6 is 0 Å². The lowest BCUT2D eigenvalue weighted by molar-refractivity contribution is -0.136. The quantitative estimate of drug-likeness (QED) is 0.685. The summed E-state index contributed by atoms with van der Waals surface area (Å²) < 4.78 is 49.1. The summed E-state index contributed by atoms with van der Waals surface area (Å²) in [5, 5.41) is 13.6. The Morgan fingerprint density at radius 3 is 1.88 bits per heavy atom. The Balaban J connectivity index is 2.20. The molecule has 4 N–H and O–H groups in total. The molecule has 24 heavy (non-hydrogen) atoms. The number of hydrogen-bond donors (Lipinski definition) is 3. The van der Waals surface area contributed by atoms with Crippen LogP contribution in [0, 0.1) is 0 Å². The number of rotatable bonds is 6. The number of primary sulfonamides is 1. The number of anilines is 1. The Morgan fingerprint density at radius 1 is 0.917 bits per heavy atom. The van der Waals surface area contributed by atoms with Crippen LogP contribution in [0.1, 0.15) is 5.56 Å². The zero-order valence-electron chi connectivity index (χ0n) is 12.2. The second-order valence-corrected chi connectivity index (χ2v) is 8.13. The molecule has 0 radical (unpaired) electrons. The summed E-state index contributed by atoms with van der Waals surface area (Å²) in [5.41, 5.74) is 0.780. The minimum Gasteiger partial charge on any atom is -0.481 e. The first-order chi connectivity index (χ1) is 11.1. The maximum Gasteiger partial charge on any atom is 0.307 e. The molecular weight excluding hydrogens is 356 g/mol. The molecule has 0 saturated heterocycles. The molecule has 128 valence electrons. The van der Waals surface area contributed by atoms with E-state index in [2.05, 4.69) is 4.72 Å². The van der Waals surface area contributed by atoms with Crippen molar-refractivity contribution in [1.82, 2.24) is 0 Å². The lowest BCUT2D eigenvalue weighted by atomic mass is 10.1. The van der Waals surface area contributed by atoms with E-state index in [0.717, 1.165) is 24.3 Å². The lowest BCUT2D eigenvalue weighted by Crippen LogP contribution is -2.15. The molecule has 0 spiro atoms. The standard InChI is InChI=1S/C14H14N2O6S2/c15-23(19,20)12-5-7-13(8-6-12)24(21,22)16-11-3-1-10(2-4-11)9-14(17)18/h1-8,16H,9H2,(H,17,18)(H2,15,19,20). The van der Waals surface area contributed by atoms with E-state index in [1.165, 1.54) is 24.3 Å². The van der Waals surface area contributed by atoms with Gasteiger partial charge in [-0.3, -0.25) is 9.52 Å². The average Bonchev–Trinajstić information content (AvgIpc) is 2.48. The Labute approximate surface area is 139 Å². The predicted octanol–water partition coefficient (Wildman–Crippen LogP) is 0.762. The van der Waals surface area contributed by atoms with Crippen molar-refractivity contribution in [3.8, 4) is 0 Å². The molecule has 10 heteroatoms. The summed E-state index contributed by atoms with van der Waals surface area (Å²) in [7, 11) is -7.82. The van der Waals surface area contributed by atoms with Gasteiger partial charge in [-0.25, -0.2) is 22.0 Å². The first kappa shape index (κ1) is 17.9. The minimum absolute atomic E-state index is 0.135. The summed E-state index contributed by atoms with van der Waals surface area (Å²) in [4.78, 5) is 10.3. The van der Waals surface area contributed by atoms with Crippen LogP contribution in [0.4, 0.5) is 5.69 Å². The molecule has 0 saturated carbocycles. The fourth-order valence-corrected chi connectivity index (χ4v) is 3.46. The van der Waals surface area contributed by atoms with Gasteiger partial charge in [0, 0.05) is 5.69 Å². The van der Waals surface area contributed by atoms with Gasteiger partial charge in [-0.1, -0.05) is 12.1 Å². The van der Waals surface area contributed by atoms with Gasteiger partial charge >= 0.3 is 5.97 Å². The molecule has 0 unspecified atom stereocenters. The van der Waals surface area contributed by atoms with Crippen LogP contribution in [0.15, 0.2) is 58.3 Å². The molecule has 0 amide bonds. The van der Waals surface area contributed by atoms with Crippen LogP contribution in [-0.2, 0) is 31.3 Å². The third-order valence-corrected chi connectivity index (χ3v) is 5.35. The second kappa shape index (κ2) is 6.59. The first-order valence-corrected chi connectivity index (χ1v) is 9.57. The molecule has 0 fully saturated rings. The van der Waals surface area contributed by atoms with Gasteiger partial charge in [0.1, 0.15) is 0 Å². The number of sulfonamides is 2. The van der Waals surface area contributed by atoms with E-state index in [4.69, 9.17) is 10.2 Å². The third kappa shape index (κ3) is 4.54. The van der Waals surface area contributed by atoms with Crippen molar-refractivity contribution in [1.29, 1.82) is 0 Å². The van der Waals surface area contributed by atoms with Crippen molar-refractivity contribution in [2.75, 3.05) is 4.72 Å². The van der Waals surface area contributed by atoms with Gasteiger partial charge in [-0.15, -0.1) is 0 Å². The average molecular weight is 370 g/mol. The molecule has 2 aromatic carbocycles. The van der Waals surface area contributed by atoms with Gasteiger partial charge in [0.25, 0.3) is 10.0 Å². The molecule has 2 rings (SSSR count). The number of nitrogens with two attached hydrogens (primary N) is 1. The van der Waals surface area contributed by atoms with Crippen LogP contribution in [-0.4, -0.2) is 27.9 Å². The Kier molecular flexibility index (Phi) is 4.92. The van der Waals surface area contributed by atoms with Gasteiger partial charge in [-0.2, -0.15) is 0 Å². The number of carboxylic acid groups (broad SMARTS) is 1. The minimum atomic E-state index is -3.91. The van der Waals surface area contributed by atoms with Gasteiger partial charge in [0.15, 0.2) is 0 Å². The molecule has 8 nitrogen and oxygen atoms in total. The highest BCUT2D eigenvalue weighted by atomic mass is 32.2. The van der Waals surface area contributed by atoms with Gasteiger partial charge in [0.2, 0.25) is 10.0 Å². The molecule has 0 aromatic heterocycles. The molecule has 0 aliphatic carbocycles. The van der Waals surface area contributed by atoms with Crippen molar-refractivity contribution >= 4 is 31.7 Å². The highest BCUT2D eigenvalue weighted by Gasteiger charge is 2.16. The van der Waals surface area contributed by atoms with Crippen LogP contribution in [0.5, 0.6) is 0 Å². The maximum atomic E-state index is 12.2. The van der Waals surface area contributed by atoms with Gasteiger partial charge in [-0.05, 0) is 42.0 Å². The van der Waals surface area contributed by atoms with Crippen LogP contribution in [0.2, 0.25) is 0 Å². The van der Waals surface area contributed by atoms with E-state index in [1.54, 1.807) is 0 Å². The summed E-state index contributed by atoms with van der Waals surface area (Å²) in [5.74, 6) is -0.988. The number of nitrogens with one attached hydrogen (secondary N) is 1. The van der Waals surface area contributed by atoms with Gasteiger partial charge in [0.05, 0.1) is 16.2 Å². The number of carboxylic acids is 1. The fraction of sp³-hybridized carbons (Fsp3) is 0.0714. The molecule has 0 bridgehead atoms. The molecule has 0 atom stereocenters. The largest absolute Gasteiger partial charge is 0.481 e. The Bertz CT molecular complexity index is 949. The topological polar surface area (TPSA) is 144 Å². The van der Waals surface area contributed by atoms with Crippen molar-refractivity contribution in [2.45, 2.75) is 16.2 Å². The molecule has 2 aromatic rings. The van der Waals surface area contributed by atoms with Crippen LogP contribution < -0.4 is 9.86 Å². The van der Waals surface area contributed by atoms with E-state index < -0.39 is 26.0 Å². The lowest BCUT2D eigenvalue weighted by Gasteiger charge is -2.09. The van der Waals surface area contributed by atoms with Crippen LogP contribution in [0.25, 0.3) is 0 Å². The zero-order valence-corrected chi connectivity index (χ0v) is 13.8. The van der Waals surface area contributed by atoms with Crippen molar-refractivity contribution < 1.29 is 26.7 Å². The van der Waals surface area contributed by atoms with E-state index in [9.17, 15) is 21.6 Å².